The second kappa shape index (κ2) is 11.1. The predicted octanol–water partition coefficient (Wildman–Crippen LogP) is 4.38. The lowest BCUT2D eigenvalue weighted by molar-refractivity contribution is -0.145. The summed E-state index contributed by atoms with van der Waals surface area (Å²) < 4.78 is 24.8. The van der Waals surface area contributed by atoms with Crippen molar-refractivity contribution in [2.75, 3.05) is 26.2 Å². The summed E-state index contributed by atoms with van der Waals surface area (Å²) in [4.78, 5) is 13.7. The normalized spacial score (nSPS) is 16.2. The highest BCUT2D eigenvalue weighted by atomic mass is 35.5. The lowest BCUT2D eigenvalue weighted by Gasteiger charge is -2.33. The van der Waals surface area contributed by atoms with Crippen LogP contribution in [-0.4, -0.2) is 43.2 Å². The van der Waals surface area contributed by atoms with Gasteiger partial charge in [-0.25, -0.2) is 4.39 Å². The molecule has 2 aromatic rings. The topological polar surface area (TPSA) is 38.8 Å². The van der Waals surface area contributed by atoms with Crippen LogP contribution in [0, 0.1) is 5.82 Å². The van der Waals surface area contributed by atoms with Crippen LogP contribution in [0.15, 0.2) is 54.6 Å². The van der Waals surface area contributed by atoms with Crippen LogP contribution in [0.4, 0.5) is 4.39 Å². The number of halogens is 2. The molecule has 2 aromatic carbocycles. The van der Waals surface area contributed by atoms with Crippen molar-refractivity contribution in [1.29, 1.82) is 0 Å². The van der Waals surface area contributed by atoms with Gasteiger partial charge in [0.1, 0.15) is 11.9 Å². The predicted molar refractivity (Wildman–Crippen MR) is 109 cm³/mol. The highest BCUT2D eigenvalue weighted by molar-refractivity contribution is 5.85. The summed E-state index contributed by atoms with van der Waals surface area (Å²) in [6.07, 6.45) is 1.57. The highest BCUT2D eigenvalue weighted by Crippen LogP contribution is 2.30. The standard InChI is InChI=1S/C22H26FNO3.ClH/c1-2-26-21(25)16-24-14-12-20(13-15-24)27-22(17-6-4-3-5-7-17)18-8-10-19(23)11-9-18;/h3-11,20,22H,2,12-16H2,1H3;1H. The van der Waals surface area contributed by atoms with E-state index in [0.717, 1.165) is 37.1 Å². The molecule has 1 saturated heterocycles. The fourth-order valence-electron chi connectivity index (χ4n) is 3.40. The van der Waals surface area contributed by atoms with Crippen molar-refractivity contribution in [3.8, 4) is 0 Å². The van der Waals surface area contributed by atoms with Gasteiger partial charge in [0.25, 0.3) is 0 Å². The first kappa shape index (κ1) is 22.3. The zero-order chi connectivity index (χ0) is 19.1. The first-order valence-electron chi connectivity index (χ1n) is 9.49. The number of esters is 1. The number of likely N-dealkylation sites (tertiary alicyclic amines) is 1. The molecule has 1 unspecified atom stereocenters. The van der Waals surface area contributed by atoms with Gasteiger partial charge in [-0.1, -0.05) is 42.5 Å². The molecule has 0 saturated carbocycles. The second-order valence-corrected chi connectivity index (χ2v) is 6.76. The van der Waals surface area contributed by atoms with Crippen LogP contribution in [0.1, 0.15) is 37.0 Å². The molecule has 1 aliphatic rings. The summed E-state index contributed by atoms with van der Waals surface area (Å²) in [5.74, 6) is -0.428. The van der Waals surface area contributed by atoms with Gasteiger partial charge in [-0.3, -0.25) is 9.69 Å². The molecule has 1 aliphatic heterocycles. The molecule has 0 spiro atoms. The molecule has 0 N–H and O–H groups in total. The van der Waals surface area contributed by atoms with E-state index >= 15 is 0 Å². The maximum Gasteiger partial charge on any atom is 0.320 e. The number of rotatable bonds is 7. The van der Waals surface area contributed by atoms with Gasteiger partial charge >= 0.3 is 5.97 Å². The Morgan fingerprint density at radius 3 is 2.29 bits per heavy atom. The van der Waals surface area contributed by atoms with Crippen molar-refractivity contribution >= 4 is 18.4 Å². The Morgan fingerprint density at radius 2 is 1.68 bits per heavy atom. The summed E-state index contributed by atoms with van der Waals surface area (Å²) >= 11 is 0. The highest BCUT2D eigenvalue weighted by Gasteiger charge is 2.25. The lowest BCUT2D eigenvalue weighted by atomic mass is 10.00. The largest absolute Gasteiger partial charge is 0.465 e. The number of hydrogen-bond acceptors (Lipinski definition) is 4. The van der Waals surface area contributed by atoms with Crippen LogP contribution < -0.4 is 0 Å². The molecular weight excluding hydrogens is 381 g/mol. The summed E-state index contributed by atoms with van der Waals surface area (Å²) in [6.45, 7) is 4.16. The van der Waals surface area contributed by atoms with Crippen LogP contribution in [0.5, 0.6) is 0 Å². The van der Waals surface area contributed by atoms with E-state index in [2.05, 4.69) is 4.90 Å². The SMILES string of the molecule is CCOC(=O)CN1CCC(OC(c2ccccc2)c2ccc(F)cc2)CC1.Cl. The van der Waals surface area contributed by atoms with E-state index in [9.17, 15) is 9.18 Å². The van der Waals surface area contributed by atoms with Crippen LogP contribution in [0.3, 0.4) is 0 Å². The Kier molecular flexibility index (Phi) is 8.90. The molecule has 152 valence electrons. The molecular formula is C22H27ClFNO3. The Balaban J connectivity index is 0.00000280. The smallest absolute Gasteiger partial charge is 0.320 e. The summed E-state index contributed by atoms with van der Waals surface area (Å²) in [6, 6.07) is 16.5. The first-order valence-corrected chi connectivity index (χ1v) is 9.49. The van der Waals surface area contributed by atoms with Crippen molar-refractivity contribution in [2.45, 2.75) is 32.0 Å². The maximum absolute atomic E-state index is 13.3. The average Bonchev–Trinajstić information content (AvgIpc) is 2.69. The number of ether oxygens (including phenoxy) is 2. The van der Waals surface area contributed by atoms with Gasteiger partial charge < -0.3 is 9.47 Å². The van der Waals surface area contributed by atoms with Crippen molar-refractivity contribution in [3.05, 3.63) is 71.5 Å². The van der Waals surface area contributed by atoms with Gasteiger partial charge in [0.05, 0.1) is 19.3 Å². The molecule has 4 nitrogen and oxygen atoms in total. The average molecular weight is 408 g/mol. The van der Waals surface area contributed by atoms with Gasteiger partial charge in [0, 0.05) is 13.1 Å². The molecule has 0 bridgehead atoms. The van der Waals surface area contributed by atoms with Gasteiger partial charge in [0.15, 0.2) is 0 Å². The van der Waals surface area contributed by atoms with E-state index < -0.39 is 0 Å². The molecule has 1 fully saturated rings. The fourth-order valence-corrected chi connectivity index (χ4v) is 3.40. The molecule has 0 amide bonds. The van der Waals surface area contributed by atoms with Crippen molar-refractivity contribution < 1.29 is 18.7 Å². The van der Waals surface area contributed by atoms with Crippen molar-refractivity contribution in [1.82, 2.24) is 4.90 Å². The quantitative estimate of drug-likeness (QED) is 0.638. The maximum atomic E-state index is 13.3. The Labute approximate surface area is 172 Å². The number of hydrogen-bond donors (Lipinski definition) is 0. The third-order valence-electron chi connectivity index (χ3n) is 4.80. The molecule has 28 heavy (non-hydrogen) atoms. The van der Waals surface area contributed by atoms with Crippen molar-refractivity contribution in [3.63, 3.8) is 0 Å². The zero-order valence-electron chi connectivity index (χ0n) is 16.1. The number of piperidine rings is 1. The molecule has 6 heteroatoms. The van der Waals surface area contributed by atoms with E-state index in [-0.39, 0.29) is 36.4 Å². The van der Waals surface area contributed by atoms with Gasteiger partial charge in [-0.15, -0.1) is 12.4 Å². The Bertz CT molecular complexity index is 718. The first-order chi connectivity index (χ1) is 13.2. The monoisotopic (exact) mass is 407 g/mol. The molecule has 0 radical (unpaired) electrons. The minimum absolute atomic E-state index is 0. The van der Waals surface area contributed by atoms with E-state index in [1.165, 1.54) is 12.1 Å². The minimum atomic E-state index is -0.252. The molecule has 0 aromatic heterocycles. The van der Waals surface area contributed by atoms with Crippen LogP contribution in [0.2, 0.25) is 0 Å². The fraction of sp³-hybridized carbons (Fsp3) is 0.409. The molecule has 1 heterocycles. The summed E-state index contributed by atoms with van der Waals surface area (Å²) in [5.41, 5.74) is 2.00. The molecule has 0 aliphatic carbocycles. The van der Waals surface area contributed by atoms with E-state index in [0.29, 0.717) is 13.2 Å². The Hall–Kier alpha value is -1.95. The van der Waals surface area contributed by atoms with E-state index in [1.807, 2.05) is 37.3 Å². The molecule has 1 atom stereocenters. The Morgan fingerprint density at radius 1 is 1.07 bits per heavy atom. The third-order valence-corrected chi connectivity index (χ3v) is 4.80. The van der Waals surface area contributed by atoms with E-state index in [1.54, 1.807) is 12.1 Å². The van der Waals surface area contributed by atoms with Crippen molar-refractivity contribution in [2.24, 2.45) is 0 Å². The minimum Gasteiger partial charge on any atom is -0.465 e. The third kappa shape index (κ3) is 6.30. The summed E-state index contributed by atoms with van der Waals surface area (Å²) in [5, 5.41) is 0. The second-order valence-electron chi connectivity index (χ2n) is 6.76. The van der Waals surface area contributed by atoms with Crippen LogP contribution >= 0.6 is 12.4 Å². The van der Waals surface area contributed by atoms with Gasteiger partial charge in [-0.2, -0.15) is 0 Å². The number of carbonyl (C=O) groups is 1. The zero-order valence-corrected chi connectivity index (χ0v) is 16.9. The van der Waals surface area contributed by atoms with Crippen LogP contribution in [-0.2, 0) is 14.3 Å². The molecule has 3 rings (SSSR count). The summed E-state index contributed by atoms with van der Waals surface area (Å²) in [7, 11) is 0. The number of nitrogens with zero attached hydrogens (tertiary/aromatic N) is 1. The van der Waals surface area contributed by atoms with E-state index in [4.69, 9.17) is 9.47 Å². The number of carbonyl (C=O) groups excluding carboxylic acids is 1. The van der Waals surface area contributed by atoms with Gasteiger partial charge in [0.2, 0.25) is 0 Å². The lowest BCUT2D eigenvalue weighted by Crippen LogP contribution is -2.40. The van der Waals surface area contributed by atoms with Gasteiger partial charge in [-0.05, 0) is 43.0 Å². The van der Waals surface area contributed by atoms with Crippen LogP contribution in [0.25, 0.3) is 0 Å². The number of benzene rings is 2.